The van der Waals surface area contributed by atoms with Crippen molar-refractivity contribution in [3.05, 3.63) is 58.2 Å². The number of hydrogen-bond donors (Lipinski definition) is 0. The molecule has 0 atom stereocenters. The van der Waals surface area contributed by atoms with Crippen LogP contribution in [0.25, 0.3) is 11.3 Å². The Morgan fingerprint density at radius 2 is 2.00 bits per heavy atom. The van der Waals surface area contributed by atoms with Crippen molar-refractivity contribution < 1.29 is 4.52 Å². The molecule has 2 heterocycles. The molecule has 22 heavy (non-hydrogen) atoms. The molecule has 0 radical (unpaired) electrons. The second-order valence-electron chi connectivity index (χ2n) is 5.30. The molecule has 0 fully saturated rings. The van der Waals surface area contributed by atoms with Gasteiger partial charge in [0, 0.05) is 23.6 Å². The maximum Gasteiger partial charge on any atom is 0.151 e. The van der Waals surface area contributed by atoms with Crippen molar-refractivity contribution in [3.8, 4) is 11.3 Å². The van der Waals surface area contributed by atoms with Crippen LogP contribution in [-0.4, -0.2) is 22.1 Å². The molecular formula is C17H19N3OS. The monoisotopic (exact) mass is 313 g/mol. The molecule has 0 unspecified atom stereocenters. The fourth-order valence-corrected chi connectivity index (χ4v) is 3.05. The highest BCUT2D eigenvalue weighted by atomic mass is 32.1. The Hall–Kier alpha value is -1.98. The molecule has 4 nitrogen and oxygen atoms in total. The van der Waals surface area contributed by atoms with Gasteiger partial charge in [-0.15, -0.1) is 11.3 Å². The minimum absolute atomic E-state index is 0.721. The molecule has 0 saturated carbocycles. The number of thiazole rings is 1. The van der Waals surface area contributed by atoms with Crippen LogP contribution < -0.4 is 0 Å². The van der Waals surface area contributed by atoms with E-state index in [1.165, 1.54) is 5.01 Å². The van der Waals surface area contributed by atoms with Gasteiger partial charge in [-0.3, -0.25) is 4.90 Å². The van der Waals surface area contributed by atoms with E-state index in [1.54, 1.807) is 11.3 Å². The first-order valence-corrected chi connectivity index (χ1v) is 8.25. The molecule has 5 heteroatoms. The molecule has 0 spiro atoms. The van der Waals surface area contributed by atoms with E-state index in [9.17, 15) is 0 Å². The Balaban J connectivity index is 1.62. The van der Waals surface area contributed by atoms with Crippen molar-refractivity contribution in [1.82, 2.24) is 15.0 Å². The zero-order valence-corrected chi connectivity index (χ0v) is 13.6. The Morgan fingerprint density at radius 3 is 2.73 bits per heavy atom. The van der Waals surface area contributed by atoms with Crippen molar-refractivity contribution in [1.29, 1.82) is 0 Å². The van der Waals surface area contributed by atoms with Crippen LogP contribution >= 0.6 is 11.3 Å². The van der Waals surface area contributed by atoms with Crippen LogP contribution in [0.2, 0.25) is 0 Å². The normalized spacial score (nSPS) is 11.2. The van der Waals surface area contributed by atoms with Crippen LogP contribution in [0.15, 0.2) is 46.3 Å². The summed E-state index contributed by atoms with van der Waals surface area (Å²) in [6, 6.07) is 12.1. The van der Waals surface area contributed by atoms with Crippen molar-refractivity contribution in [2.75, 3.05) is 7.05 Å². The lowest BCUT2D eigenvalue weighted by molar-refractivity contribution is 0.265. The minimum atomic E-state index is 0.721. The van der Waals surface area contributed by atoms with Crippen molar-refractivity contribution >= 4 is 11.3 Å². The van der Waals surface area contributed by atoms with E-state index in [0.29, 0.717) is 0 Å². The van der Waals surface area contributed by atoms with Gasteiger partial charge >= 0.3 is 0 Å². The third-order valence-corrected chi connectivity index (χ3v) is 4.43. The largest absolute Gasteiger partial charge is 0.359 e. The van der Waals surface area contributed by atoms with E-state index >= 15 is 0 Å². The summed E-state index contributed by atoms with van der Waals surface area (Å²) in [6.07, 6.45) is 0.997. The van der Waals surface area contributed by atoms with Gasteiger partial charge in [0.2, 0.25) is 0 Å². The maximum atomic E-state index is 5.44. The highest BCUT2D eigenvalue weighted by Gasteiger charge is 2.10. The average Bonchev–Trinajstić information content (AvgIpc) is 3.17. The standard InChI is InChI=1S/C17H19N3OS/c1-3-17-18-14(12-22-17)10-20(2)11-15-9-16(19-21-15)13-7-5-4-6-8-13/h4-9,12H,3,10-11H2,1-2H3. The van der Waals surface area contributed by atoms with Crippen LogP contribution in [0.1, 0.15) is 23.4 Å². The lowest BCUT2D eigenvalue weighted by Crippen LogP contribution is -2.17. The quantitative estimate of drug-likeness (QED) is 0.690. The molecule has 114 valence electrons. The summed E-state index contributed by atoms with van der Waals surface area (Å²) in [5.41, 5.74) is 3.07. The first kappa shape index (κ1) is 14.9. The van der Waals surface area contributed by atoms with E-state index in [0.717, 1.165) is 42.2 Å². The second-order valence-corrected chi connectivity index (χ2v) is 6.25. The summed E-state index contributed by atoms with van der Waals surface area (Å²) in [6.45, 7) is 3.67. The zero-order valence-electron chi connectivity index (χ0n) is 12.8. The zero-order chi connectivity index (χ0) is 15.4. The topological polar surface area (TPSA) is 42.2 Å². The van der Waals surface area contributed by atoms with Gasteiger partial charge in [0.1, 0.15) is 5.69 Å². The second kappa shape index (κ2) is 6.85. The number of aromatic nitrogens is 2. The van der Waals surface area contributed by atoms with Gasteiger partial charge in [0.25, 0.3) is 0 Å². The van der Waals surface area contributed by atoms with Gasteiger partial charge in [-0.25, -0.2) is 4.98 Å². The first-order chi connectivity index (χ1) is 10.7. The van der Waals surface area contributed by atoms with Crippen LogP contribution in [0.3, 0.4) is 0 Å². The molecule has 1 aromatic carbocycles. The Bertz CT molecular complexity index is 720. The van der Waals surface area contributed by atoms with Crippen LogP contribution in [0.5, 0.6) is 0 Å². The van der Waals surface area contributed by atoms with E-state index < -0.39 is 0 Å². The highest BCUT2D eigenvalue weighted by molar-refractivity contribution is 7.09. The summed E-state index contributed by atoms with van der Waals surface area (Å²) in [4.78, 5) is 6.78. The summed E-state index contributed by atoms with van der Waals surface area (Å²) in [7, 11) is 2.07. The Labute approximate surface area is 134 Å². The summed E-state index contributed by atoms with van der Waals surface area (Å²) >= 11 is 1.73. The predicted molar refractivity (Wildman–Crippen MR) is 88.6 cm³/mol. The van der Waals surface area contributed by atoms with Gasteiger partial charge in [0.15, 0.2) is 5.76 Å². The molecule has 0 N–H and O–H groups in total. The van der Waals surface area contributed by atoms with Gasteiger partial charge in [-0.2, -0.15) is 0 Å². The number of benzene rings is 1. The SMILES string of the molecule is CCc1nc(CN(C)Cc2cc(-c3ccccc3)no2)cs1. The minimum Gasteiger partial charge on any atom is -0.359 e. The van der Waals surface area contributed by atoms with Crippen molar-refractivity contribution in [2.24, 2.45) is 0 Å². The van der Waals surface area contributed by atoms with E-state index in [4.69, 9.17) is 4.52 Å². The molecule has 0 aliphatic heterocycles. The molecular weight excluding hydrogens is 294 g/mol. The molecule has 0 bridgehead atoms. The molecule has 3 aromatic rings. The van der Waals surface area contributed by atoms with Gasteiger partial charge < -0.3 is 4.52 Å². The summed E-state index contributed by atoms with van der Waals surface area (Å²) < 4.78 is 5.44. The molecule has 0 saturated heterocycles. The van der Waals surface area contributed by atoms with Gasteiger partial charge in [0.05, 0.1) is 17.2 Å². The highest BCUT2D eigenvalue weighted by Crippen LogP contribution is 2.20. The molecule has 0 aliphatic carbocycles. The van der Waals surface area contributed by atoms with Crippen molar-refractivity contribution in [2.45, 2.75) is 26.4 Å². The summed E-state index contributed by atoms with van der Waals surface area (Å²) in [5, 5.41) is 7.47. The molecule has 2 aromatic heterocycles. The van der Waals surface area contributed by atoms with E-state index in [1.807, 2.05) is 36.4 Å². The Kier molecular flexibility index (Phi) is 4.65. The number of nitrogens with zero attached hydrogens (tertiary/aromatic N) is 3. The lowest BCUT2D eigenvalue weighted by Gasteiger charge is -2.12. The number of hydrogen-bond acceptors (Lipinski definition) is 5. The van der Waals surface area contributed by atoms with Crippen LogP contribution in [0, 0.1) is 0 Å². The average molecular weight is 313 g/mol. The van der Waals surface area contributed by atoms with Crippen molar-refractivity contribution in [3.63, 3.8) is 0 Å². The molecule has 0 aliphatic rings. The van der Waals surface area contributed by atoms with Gasteiger partial charge in [-0.1, -0.05) is 42.4 Å². The Morgan fingerprint density at radius 1 is 1.18 bits per heavy atom. The summed E-state index contributed by atoms with van der Waals surface area (Å²) in [5.74, 6) is 0.868. The van der Waals surface area contributed by atoms with E-state index in [2.05, 4.69) is 34.4 Å². The first-order valence-electron chi connectivity index (χ1n) is 7.37. The fraction of sp³-hybridized carbons (Fsp3) is 0.294. The smallest absolute Gasteiger partial charge is 0.151 e. The van der Waals surface area contributed by atoms with Crippen LogP contribution in [0.4, 0.5) is 0 Å². The fourth-order valence-electron chi connectivity index (χ4n) is 2.31. The third-order valence-electron chi connectivity index (χ3n) is 3.39. The predicted octanol–water partition coefficient (Wildman–Crippen LogP) is 3.99. The molecule has 0 amide bonds. The third kappa shape index (κ3) is 3.61. The number of aryl methyl sites for hydroxylation is 1. The lowest BCUT2D eigenvalue weighted by atomic mass is 10.1. The molecule has 3 rings (SSSR count). The maximum absolute atomic E-state index is 5.44. The van der Waals surface area contributed by atoms with Crippen LogP contribution in [-0.2, 0) is 19.5 Å². The van der Waals surface area contributed by atoms with E-state index in [-0.39, 0.29) is 0 Å². The number of rotatable bonds is 6. The van der Waals surface area contributed by atoms with Gasteiger partial charge in [-0.05, 0) is 13.5 Å².